The molecule has 0 spiro atoms. The van der Waals surface area contributed by atoms with Gasteiger partial charge in [-0.2, -0.15) is 0 Å². The summed E-state index contributed by atoms with van der Waals surface area (Å²) < 4.78 is 12.8. The third-order valence-electron chi connectivity index (χ3n) is 1.28. The van der Waals surface area contributed by atoms with Gasteiger partial charge in [0, 0.05) is 17.1 Å². The summed E-state index contributed by atoms with van der Waals surface area (Å²) in [5.74, 6) is -0.418. The van der Waals surface area contributed by atoms with Crippen LogP contribution in [-0.2, 0) is 6.54 Å². The molecule has 0 aliphatic heterocycles. The molecule has 11 heavy (non-hydrogen) atoms. The molecule has 0 radical (unpaired) electrons. The highest BCUT2D eigenvalue weighted by Crippen LogP contribution is 2.13. The van der Waals surface area contributed by atoms with Crippen molar-refractivity contribution < 1.29 is 9.60 Å². The van der Waals surface area contributed by atoms with E-state index in [9.17, 15) is 4.39 Å². The number of halogens is 2. The van der Waals surface area contributed by atoms with Gasteiger partial charge >= 0.3 is 0 Å². The number of hydroxylamine groups is 1. The second-order valence-corrected chi connectivity index (χ2v) is 2.51. The molecule has 60 valence electrons. The average Bonchev–Trinajstić information content (AvgIpc) is 1.95. The van der Waals surface area contributed by atoms with Crippen molar-refractivity contribution in [2.45, 2.75) is 6.54 Å². The number of benzene rings is 1. The Bertz CT molecular complexity index is 254. The molecule has 1 aromatic rings. The predicted molar refractivity (Wildman–Crippen MR) is 40.0 cm³/mol. The van der Waals surface area contributed by atoms with Crippen LogP contribution in [0.1, 0.15) is 5.56 Å². The van der Waals surface area contributed by atoms with E-state index in [-0.39, 0.29) is 6.54 Å². The minimum absolute atomic E-state index is 0.0863. The van der Waals surface area contributed by atoms with E-state index in [2.05, 4.69) is 0 Å². The van der Waals surface area contributed by atoms with Crippen LogP contribution in [0, 0.1) is 5.82 Å². The van der Waals surface area contributed by atoms with E-state index in [0.717, 1.165) is 0 Å². The van der Waals surface area contributed by atoms with E-state index < -0.39 is 5.82 Å². The second kappa shape index (κ2) is 3.67. The van der Waals surface area contributed by atoms with E-state index in [0.29, 0.717) is 10.6 Å². The van der Waals surface area contributed by atoms with Gasteiger partial charge in [-0.1, -0.05) is 17.7 Å². The summed E-state index contributed by atoms with van der Waals surface area (Å²) >= 11 is 5.49. The Morgan fingerprint density at radius 1 is 1.55 bits per heavy atom. The van der Waals surface area contributed by atoms with Crippen molar-refractivity contribution in [3.63, 3.8) is 0 Å². The van der Waals surface area contributed by atoms with Gasteiger partial charge in [-0.15, -0.1) is 0 Å². The topological polar surface area (TPSA) is 32.3 Å². The molecule has 0 atom stereocenters. The molecule has 0 aliphatic rings. The fraction of sp³-hybridized carbons (Fsp3) is 0.143. The van der Waals surface area contributed by atoms with Crippen LogP contribution in [0.2, 0.25) is 5.02 Å². The Morgan fingerprint density at radius 3 is 2.82 bits per heavy atom. The van der Waals surface area contributed by atoms with Crippen LogP contribution >= 0.6 is 11.6 Å². The van der Waals surface area contributed by atoms with Crippen molar-refractivity contribution >= 4 is 11.6 Å². The molecule has 0 fully saturated rings. The molecular weight excluding hydrogens is 169 g/mol. The van der Waals surface area contributed by atoms with E-state index in [1.807, 2.05) is 5.48 Å². The standard InChI is InChI=1S/C7H7ClFNO/c8-6-2-1-5(4-10-11)7(9)3-6/h1-3,10-11H,4H2. The first kappa shape index (κ1) is 8.46. The minimum atomic E-state index is -0.418. The quantitative estimate of drug-likeness (QED) is 0.674. The lowest BCUT2D eigenvalue weighted by molar-refractivity contribution is 0.160. The van der Waals surface area contributed by atoms with Crippen LogP contribution in [0.3, 0.4) is 0 Å². The smallest absolute Gasteiger partial charge is 0.129 e. The van der Waals surface area contributed by atoms with Crippen molar-refractivity contribution in [1.29, 1.82) is 0 Å². The molecule has 2 N–H and O–H groups in total. The van der Waals surface area contributed by atoms with Gasteiger partial charge in [-0.3, -0.25) is 0 Å². The molecule has 0 bridgehead atoms. The fourth-order valence-electron chi connectivity index (χ4n) is 0.750. The first-order chi connectivity index (χ1) is 5.24. The van der Waals surface area contributed by atoms with E-state index in [4.69, 9.17) is 16.8 Å². The monoisotopic (exact) mass is 175 g/mol. The average molecular weight is 176 g/mol. The molecule has 1 aromatic carbocycles. The molecule has 0 amide bonds. The summed E-state index contributed by atoms with van der Waals surface area (Å²) in [6.07, 6.45) is 0. The van der Waals surface area contributed by atoms with Gasteiger partial charge in [0.25, 0.3) is 0 Å². The largest absolute Gasteiger partial charge is 0.316 e. The Balaban J connectivity index is 2.90. The van der Waals surface area contributed by atoms with Gasteiger partial charge in [-0.25, -0.2) is 9.87 Å². The number of nitrogens with one attached hydrogen (secondary N) is 1. The van der Waals surface area contributed by atoms with E-state index in [1.54, 1.807) is 6.07 Å². The summed E-state index contributed by atoms with van der Waals surface area (Å²) in [7, 11) is 0. The first-order valence-corrected chi connectivity index (χ1v) is 3.42. The van der Waals surface area contributed by atoms with Crippen molar-refractivity contribution in [3.8, 4) is 0 Å². The molecule has 4 heteroatoms. The summed E-state index contributed by atoms with van der Waals surface area (Å²) in [5.41, 5.74) is 2.25. The van der Waals surface area contributed by atoms with Crippen LogP contribution in [0.15, 0.2) is 18.2 Å². The molecule has 1 rings (SSSR count). The van der Waals surface area contributed by atoms with Crippen molar-refractivity contribution in [3.05, 3.63) is 34.6 Å². The van der Waals surface area contributed by atoms with Gasteiger partial charge < -0.3 is 5.21 Å². The highest BCUT2D eigenvalue weighted by Gasteiger charge is 2.00. The predicted octanol–water partition coefficient (Wildman–Crippen LogP) is 1.96. The zero-order chi connectivity index (χ0) is 8.27. The van der Waals surface area contributed by atoms with Crippen LogP contribution in [-0.4, -0.2) is 5.21 Å². The van der Waals surface area contributed by atoms with E-state index >= 15 is 0 Å². The second-order valence-electron chi connectivity index (χ2n) is 2.07. The maximum atomic E-state index is 12.8. The third kappa shape index (κ3) is 2.15. The minimum Gasteiger partial charge on any atom is -0.316 e. The third-order valence-corrected chi connectivity index (χ3v) is 1.52. The zero-order valence-electron chi connectivity index (χ0n) is 5.64. The first-order valence-electron chi connectivity index (χ1n) is 3.05. The van der Waals surface area contributed by atoms with Crippen LogP contribution in [0.5, 0.6) is 0 Å². The van der Waals surface area contributed by atoms with Crippen LogP contribution in [0.25, 0.3) is 0 Å². The SMILES string of the molecule is ONCc1ccc(Cl)cc1F. The van der Waals surface area contributed by atoms with Crippen molar-refractivity contribution in [2.75, 3.05) is 0 Å². The lowest BCUT2D eigenvalue weighted by atomic mass is 10.2. The van der Waals surface area contributed by atoms with Crippen molar-refractivity contribution in [1.82, 2.24) is 5.48 Å². The Kier molecular flexibility index (Phi) is 2.82. The molecule has 0 saturated heterocycles. The van der Waals surface area contributed by atoms with Crippen molar-refractivity contribution in [2.24, 2.45) is 0 Å². The Labute approximate surface area is 68.6 Å². The number of rotatable bonds is 2. The summed E-state index contributed by atoms with van der Waals surface area (Å²) in [4.78, 5) is 0. The fourth-order valence-corrected chi connectivity index (χ4v) is 0.909. The number of hydrogen-bond acceptors (Lipinski definition) is 2. The van der Waals surface area contributed by atoms with Gasteiger partial charge in [0.1, 0.15) is 5.82 Å². The molecule has 2 nitrogen and oxygen atoms in total. The summed E-state index contributed by atoms with van der Waals surface area (Å²) in [6, 6.07) is 4.28. The van der Waals surface area contributed by atoms with Gasteiger partial charge in [0.15, 0.2) is 0 Å². The van der Waals surface area contributed by atoms with Gasteiger partial charge in [-0.05, 0) is 12.1 Å². The lowest BCUT2D eigenvalue weighted by Gasteiger charge is -2.00. The normalized spacial score (nSPS) is 10.1. The zero-order valence-corrected chi connectivity index (χ0v) is 6.40. The molecular formula is C7H7ClFNO. The lowest BCUT2D eigenvalue weighted by Crippen LogP contribution is -2.07. The maximum Gasteiger partial charge on any atom is 0.129 e. The molecule has 0 saturated carbocycles. The molecule has 0 unspecified atom stereocenters. The van der Waals surface area contributed by atoms with Crippen LogP contribution in [0.4, 0.5) is 4.39 Å². The summed E-state index contributed by atoms with van der Waals surface area (Å²) in [6.45, 7) is 0.0863. The molecule has 0 aromatic heterocycles. The highest BCUT2D eigenvalue weighted by molar-refractivity contribution is 6.30. The highest BCUT2D eigenvalue weighted by atomic mass is 35.5. The van der Waals surface area contributed by atoms with Gasteiger partial charge in [0.2, 0.25) is 0 Å². The molecule has 0 aliphatic carbocycles. The van der Waals surface area contributed by atoms with E-state index in [1.165, 1.54) is 12.1 Å². The van der Waals surface area contributed by atoms with Gasteiger partial charge in [0.05, 0.1) is 0 Å². The summed E-state index contributed by atoms with van der Waals surface area (Å²) in [5, 5.41) is 8.61. The Morgan fingerprint density at radius 2 is 2.27 bits per heavy atom. The van der Waals surface area contributed by atoms with Crippen LogP contribution < -0.4 is 5.48 Å². The maximum absolute atomic E-state index is 12.8. The Hall–Kier alpha value is -0.640. The molecule has 0 heterocycles. The number of hydrogen-bond donors (Lipinski definition) is 2.